The van der Waals surface area contributed by atoms with Crippen molar-refractivity contribution < 1.29 is 14.1 Å². The van der Waals surface area contributed by atoms with Gasteiger partial charge in [-0.2, -0.15) is 4.98 Å². The molecule has 9 nitrogen and oxygen atoms in total. The molecule has 1 amide bonds. The number of carbonyl (C=O) groups is 1. The summed E-state index contributed by atoms with van der Waals surface area (Å²) in [5.41, 5.74) is 0.442. The summed E-state index contributed by atoms with van der Waals surface area (Å²) in [5.74, 6) is 0.410. The largest absolute Gasteiger partial charge is 0.368 e. The van der Waals surface area contributed by atoms with Crippen LogP contribution < -0.4 is 10.9 Å². The lowest BCUT2D eigenvalue weighted by Crippen LogP contribution is -2.32. The topological polar surface area (TPSA) is 123 Å². The molecule has 0 saturated carbocycles. The molecule has 26 heavy (non-hydrogen) atoms. The number of carbonyl (C=O) groups excluding carboxylic acids is 1. The third-order valence-corrected chi connectivity index (χ3v) is 4.14. The second-order valence-corrected chi connectivity index (χ2v) is 5.99. The predicted molar refractivity (Wildman–Crippen MR) is 90.6 cm³/mol. The smallest absolute Gasteiger partial charge is 0.280 e. The van der Waals surface area contributed by atoms with Crippen LogP contribution in [-0.4, -0.2) is 39.2 Å². The number of para-hydroxylation sites is 2. The number of nitrogens with zero attached hydrogens (tertiary/aromatic N) is 3. The molecule has 0 radical (unpaired) electrons. The highest BCUT2D eigenvalue weighted by Gasteiger charge is 2.23. The molecule has 1 aromatic carbocycles. The van der Waals surface area contributed by atoms with Crippen LogP contribution in [0.1, 0.15) is 41.1 Å². The fourth-order valence-corrected chi connectivity index (χ4v) is 2.83. The normalized spacial score (nSPS) is 16.8. The lowest BCUT2D eigenvalue weighted by Gasteiger charge is -2.04. The van der Waals surface area contributed by atoms with Crippen LogP contribution in [0.2, 0.25) is 0 Å². The number of rotatable bonds is 5. The zero-order chi connectivity index (χ0) is 17.9. The van der Waals surface area contributed by atoms with E-state index in [1.807, 2.05) is 0 Å². The number of fused-ring (bicyclic) bond motifs is 1. The van der Waals surface area contributed by atoms with E-state index >= 15 is 0 Å². The molecule has 1 atom stereocenters. The van der Waals surface area contributed by atoms with Crippen molar-refractivity contribution in [3.63, 3.8) is 0 Å². The van der Waals surface area contributed by atoms with E-state index in [1.165, 1.54) is 0 Å². The molecular formula is C17H17N5O4. The summed E-state index contributed by atoms with van der Waals surface area (Å²) in [6, 6.07) is 7.04. The van der Waals surface area contributed by atoms with Crippen LogP contribution in [0.15, 0.2) is 33.6 Å². The standard InChI is InChI=1S/C17H17N5O4/c23-15(14-16(24)20-11-5-2-1-4-10(11)19-14)18-8-7-13-21-17(26-22-13)12-6-3-9-25-12/h1-2,4-5,12H,3,6-9H2,(H,18,23)(H,20,24). The fraction of sp³-hybridized carbons (Fsp3) is 0.353. The van der Waals surface area contributed by atoms with Gasteiger partial charge >= 0.3 is 0 Å². The Labute approximate surface area is 147 Å². The molecule has 3 heterocycles. The molecule has 2 aromatic heterocycles. The Bertz CT molecular complexity index is 990. The highest BCUT2D eigenvalue weighted by atomic mass is 16.5. The van der Waals surface area contributed by atoms with Crippen LogP contribution in [0.5, 0.6) is 0 Å². The first-order chi connectivity index (χ1) is 12.7. The Kier molecular flexibility index (Phi) is 4.44. The van der Waals surface area contributed by atoms with Gasteiger partial charge in [-0.1, -0.05) is 17.3 Å². The van der Waals surface area contributed by atoms with Crippen LogP contribution in [0.4, 0.5) is 0 Å². The molecule has 1 fully saturated rings. The van der Waals surface area contributed by atoms with Crippen LogP contribution in [0, 0.1) is 0 Å². The van der Waals surface area contributed by atoms with Gasteiger partial charge in [-0.15, -0.1) is 0 Å². The van der Waals surface area contributed by atoms with Gasteiger partial charge in [-0.3, -0.25) is 9.59 Å². The first kappa shape index (κ1) is 16.4. The number of ether oxygens (including phenoxy) is 1. The number of benzene rings is 1. The summed E-state index contributed by atoms with van der Waals surface area (Å²) in [4.78, 5) is 35.3. The maximum absolute atomic E-state index is 12.2. The molecule has 1 aliphatic heterocycles. The lowest BCUT2D eigenvalue weighted by atomic mass is 10.2. The molecule has 3 aromatic rings. The SMILES string of the molecule is O=C(NCCc1noc(C2CCCO2)n1)c1nc2ccccc2[nH]c1=O. The van der Waals surface area contributed by atoms with Gasteiger partial charge in [0.2, 0.25) is 0 Å². The zero-order valence-corrected chi connectivity index (χ0v) is 13.9. The summed E-state index contributed by atoms with van der Waals surface area (Å²) in [6.45, 7) is 0.961. The van der Waals surface area contributed by atoms with Crippen molar-refractivity contribution in [3.05, 3.63) is 52.0 Å². The number of nitrogens with one attached hydrogen (secondary N) is 2. The summed E-state index contributed by atoms with van der Waals surface area (Å²) in [6.07, 6.45) is 2.10. The zero-order valence-electron chi connectivity index (χ0n) is 13.9. The molecule has 0 bridgehead atoms. The fourth-order valence-electron chi connectivity index (χ4n) is 2.83. The van der Waals surface area contributed by atoms with Gasteiger partial charge in [0.25, 0.3) is 17.4 Å². The van der Waals surface area contributed by atoms with Crippen LogP contribution in [0.25, 0.3) is 11.0 Å². The quantitative estimate of drug-likeness (QED) is 0.703. The number of hydrogen-bond acceptors (Lipinski definition) is 7. The Morgan fingerprint density at radius 1 is 1.31 bits per heavy atom. The van der Waals surface area contributed by atoms with Gasteiger partial charge in [0.05, 0.1) is 11.0 Å². The average molecular weight is 355 g/mol. The Morgan fingerprint density at radius 2 is 2.19 bits per heavy atom. The van der Waals surface area contributed by atoms with Crippen molar-refractivity contribution in [2.75, 3.05) is 13.2 Å². The van der Waals surface area contributed by atoms with Gasteiger partial charge in [0.1, 0.15) is 6.10 Å². The van der Waals surface area contributed by atoms with E-state index < -0.39 is 11.5 Å². The molecule has 0 spiro atoms. The Balaban J connectivity index is 1.38. The minimum absolute atomic E-state index is 0.133. The molecule has 134 valence electrons. The predicted octanol–water partition coefficient (Wildman–Crippen LogP) is 1.13. The van der Waals surface area contributed by atoms with Crippen LogP contribution in [0.3, 0.4) is 0 Å². The maximum atomic E-state index is 12.2. The minimum atomic E-state index is -0.542. The van der Waals surface area contributed by atoms with Crippen LogP contribution in [-0.2, 0) is 11.2 Å². The van der Waals surface area contributed by atoms with Gasteiger partial charge in [0.15, 0.2) is 11.5 Å². The number of amides is 1. The van der Waals surface area contributed by atoms with E-state index in [2.05, 4.69) is 25.4 Å². The van der Waals surface area contributed by atoms with Gasteiger partial charge in [-0.25, -0.2) is 4.98 Å². The second-order valence-electron chi connectivity index (χ2n) is 5.99. The first-order valence-electron chi connectivity index (χ1n) is 8.42. The average Bonchev–Trinajstić information content (AvgIpc) is 3.32. The molecule has 4 rings (SSSR count). The molecule has 9 heteroatoms. The van der Waals surface area contributed by atoms with Crippen molar-refractivity contribution in [3.8, 4) is 0 Å². The van der Waals surface area contributed by atoms with E-state index in [0.29, 0.717) is 35.8 Å². The van der Waals surface area contributed by atoms with E-state index in [9.17, 15) is 9.59 Å². The van der Waals surface area contributed by atoms with Crippen molar-refractivity contribution >= 4 is 16.9 Å². The number of aromatic nitrogens is 4. The van der Waals surface area contributed by atoms with Crippen LogP contribution >= 0.6 is 0 Å². The van der Waals surface area contributed by atoms with E-state index in [4.69, 9.17) is 9.26 Å². The Hall–Kier alpha value is -3.07. The monoisotopic (exact) mass is 355 g/mol. The van der Waals surface area contributed by atoms with Gasteiger partial charge in [-0.05, 0) is 25.0 Å². The van der Waals surface area contributed by atoms with E-state index in [-0.39, 0.29) is 18.3 Å². The Morgan fingerprint density at radius 3 is 3.04 bits per heavy atom. The third kappa shape index (κ3) is 3.33. The van der Waals surface area contributed by atoms with E-state index in [1.54, 1.807) is 24.3 Å². The number of H-pyrrole nitrogens is 1. The number of aromatic amines is 1. The second kappa shape index (κ2) is 7.04. The molecule has 1 aliphatic rings. The minimum Gasteiger partial charge on any atom is -0.368 e. The highest BCUT2D eigenvalue weighted by molar-refractivity contribution is 5.93. The summed E-state index contributed by atoms with van der Waals surface area (Å²) < 4.78 is 10.7. The first-order valence-corrected chi connectivity index (χ1v) is 8.42. The molecular weight excluding hydrogens is 338 g/mol. The summed E-state index contributed by atoms with van der Waals surface area (Å²) in [5, 5.41) is 6.55. The molecule has 1 unspecified atom stereocenters. The summed E-state index contributed by atoms with van der Waals surface area (Å²) >= 11 is 0. The van der Waals surface area contributed by atoms with Crippen molar-refractivity contribution in [1.29, 1.82) is 0 Å². The third-order valence-electron chi connectivity index (χ3n) is 4.14. The van der Waals surface area contributed by atoms with Gasteiger partial charge < -0.3 is 19.6 Å². The highest BCUT2D eigenvalue weighted by Crippen LogP contribution is 2.26. The lowest BCUT2D eigenvalue weighted by molar-refractivity contribution is 0.0835. The van der Waals surface area contributed by atoms with Crippen molar-refractivity contribution in [2.45, 2.75) is 25.4 Å². The summed E-state index contributed by atoms with van der Waals surface area (Å²) in [7, 11) is 0. The number of hydrogen-bond donors (Lipinski definition) is 2. The molecule has 1 saturated heterocycles. The van der Waals surface area contributed by atoms with Gasteiger partial charge in [0, 0.05) is 19.6 Å². The van der Waals surface area contributed by atoms with Crippen molar-refractivity contribution in [2.24, 2.45) is 0 Å². The van der Waals surface area contributed by atoms with E-state index in [0.717, 1.165) is 12.8 Å². The molecule has 2 N–H and O–H groups in total. The molecule has 0 aliphatic carbocycles. The van der Waals surface area contributed by atoms with Crippen molar-refractivity contribution in [1.82, 2.24) is 25.4 Å². The maximum Gasteiger partial charge on any atom is 0.280 e.